The Bertz CT molecular complexity index is 375. The molecule has 1 aromatic rings. The molecule has 6 heteroatoms. The zero-order chi connectivity index (χ0) is 14.4. The molecule has 1 rings (SSSR count). The highest BCUT2D eigenvalue weighted by Crippen LogP contribution is 2.22. The highest BCUT2D eigenvalue weighted by molar-refractivity contribution is 5.19. The molecule has 4 nitrogen and oxygen atoms in total. The molecule has 0 aliphatic heterocycles. The van der Waals surface area contributed by atoms with Gasteiger partial charge >= 0.3 is 0 Å². The number of hydrogen-bond acceptors (Lipinski definition) is 3. The van der Waals surface area contributed by atoms with E-state index in [2.05, 4.69) is 24.3 Å². The normalized spacial score (nSPS) is 12.1. The van der Waals surface area contributed by atoms with E-state index in [-0.39, 0.29) is 5.69 Å². The van der Waals surface area contributed by atoms with Crippen molar-refractivity contribution in [3.05, 3.63) is 17.5 Å². The summed E-state index contributed by atoms with van der Waals surface area (Å²) in [6.45, 7) is 6.60. The Kier molecular flexibility index (Phi) is 6.37. The second-order valence-electron chi connectivity index (χ2n) is 5.41. The second kappa shape index (κ2) is 7.55. The molecular formula is C13H24F2N4. The Labute approximate surface area is 113 Å². The molecule has 0 saturated carbocycles. The average molecular weight is 274 g/mol. The average Bonchev–Trinajstić information content (AvgIpc) is 2.69. The Morgan fingerprint density at radius 2 is 2.05 bits per heavy atom. The molecule has 1 heterocycles. The minimum atomic E-state index is -2.49. The van der Waals surface area contributed by atoms with Gasteiger partial charge in [0.1, 0.15) is 5.69 Å². The summed E-state index contributed by atoms with van der Waals surface area (Å²) in [6.07, 6.45) is -0.940. The van der Waals surface area contributed by atoms with E-state index >= 15 is 0 Å². The van der Waals surface area contributed by atoms with Crippen molar-refractivity contribution >= 4 is 0 Å². The summed E-state index contributed by atoms with van der Waals surface area (Å²) in [4.78, 5) is 1.95. The van der Waals surface area contributed by atoms with Crippen LogP contribution in [0.25, 0.3) is 0 Å². The van der Waals surface area contributed by atoms with Crippen molar-refractivity contribution in [1.29, 1.82) is 0 Å². The Morgan fingerprint density at radius 1 is 1.37 bits per heavy atom. The zero-order valence-electron chi connectivity index (χ0n) is 12.2. The summed E-state index contributed by atoms with van der Waals surface area (Å²) in [5.41, 5.74) is 0.632. The van der Waals surface area contributed by atoms with Gasteiger partial charge in [0.25, 0.3) is 6.43 Å². The Balaban J connectivity index is 2.70. The van der Waals surface area contributed by atoms with Crippen molar-refractivity contribution in [1.82, 2.24) is 20.0 Å². The molecule has 1 aromatic heterocycles. The fourth-order valence-electron chi connectivity index (χ4n) is 1.79. The molecule has 110 valence electrons. The summed E-state index contributed by atoms with van der Waals surface area (Å²) in [5, 5.41) is 7.25. The number of alkyl halides is 2. The topological polar surface area (TPSA) is 33.1 Å². The predicted molar refractivity (Wildman–Crippen MR) is 72.3 cm³/mol. The van der Waals surface area contributed by atoms with Crippen molar-refractivity contribution in [2.24, 2.45) is 5.92 Å². The van der Waals surface area contributed by atoms with E-state index in [4.69, 9.17) is 0 Å². The standard InChI is InChI=1S/C13H24F2N4/c1-10(2)7-16-8-11-9-17-19(6-5-18(3)4)12(11)13(14)15/h9-10,13,16H,5-8H2,1-4H3. The van der Waals surface area contributed by atoms with E-state index < -0.39 is 6.43 Å². The van der Waals surface area contributed by atoms with Crippen LogP contribution in [0.4, 0.5) is 8.78 Å². The molecule has 0 fully saturated rings. The zero-order valence-corrected chi connectivity index (χ0v) is 12.2. The van der Waals surface area contributed by atoms with Crippen LogP contribution < -0.4 is 5.32 Å². The molecule has 0 bridgehead atoms. The Morgan fingerprint density at radius 3 is 2.58 bits per heavy atom. The SMILES string of the molecule is CC(C)CNCc1cnn(CCN(C)C)c1C(F)F. The fourth-order valence-corrected chi connectivity index (χ4v) is 1.79. The molecule has 19 heavy (non-hydrogen) atoms. The summed E-state index contributed by atoms with van der Waals surface area (Å²) in [7, 11) is 3.83. The van der Waals surface area contributed by atoms with Crippen LogP contribution in [0, 0.1) is 5.92 Å². The van der Waals surface area contributed by atoms with E-state index in [1.54, 1.807) is 6.20 Å². The van der Waals surface area contributed by atoms with Crippen molar-refractivity contribution in [2.75, 3.05) is 27.2 Å². The van der Waals surface area contributed by atoms with Gasteiger partial charge in [-0.1, -0.05) is 13.8 Å². The van der Waals surface area contributed by atoms with Crippen LogP contribution >= 0.6 is 0 Å². The van der Waals surface area contributed by atoms with Gasteiger partial charge in [0.2, 0.25) is 0 Å². The second-order valence-corrected chi connectivity index (χ2v) is 5.41. The highest BCUT2D eigenvalue weighted by atomic mass is 19.3. The van der Waals surface area contributed by atoms with E-state index in [1.165, 1.54) is 4.68 Å². The van der Waals surface area contributed by atoms with Gasteiger partial charge < -0.3 is 10.2 Å². The maximum absolute atomic E-state index is 13.1. The lowest BCUT2D eigenvalue weighted by atomic mass is 10.2. The number of nitrogens with one attached hydrogen (secondary N) is 1. The minimum absolute atomic E-state index is 0.0399. The van der Waals surface area contributed by atoms with Gasteiger partial charge in [0.15, 0.2) is 0 Å². The smallest absolute Gasteiger partial charge is 0.280 e. The van der Waals surface area contributed by atoms with Gasteiger partial charge in [-0.05, 0) is 26.6 Å². The summed E-state index contributed by atoms with van der Waals surface area (Å²) < 4.78 is 27.7. The summed E-state index contributed by atoms with van der Waals surface area (Å²) in [6, 6.07) is 0. The van der Waals surface area contributed by atoms with Crippen LogP contribution in [-0.4, -0.2) is 41.9 Å². The Hall–Kier alpha value is -1.01. The van der Waals surface area contributed by atoms with Crippen LogP contribution in [0.2, 0.25) is 0 Å². The first-order valence-electron chi connectivity index (χ1n) is 6.60. The lowest BCUT2D eigenvalue weighted by Crippen LogP contribution is -2.22. The third kappa shape index (κ3) is 5.24. The van der Waals surface area contributed by atoms with Crippen LogP contribution in [0.5, 0.6) is 0 Å². The van der Waals surface area contributed by atoms with Crippen molar-refractivity contribution < 1.29 is 8.78 Å². The number of halogens is 2. The largest absolute Gasteiger partial charge is 0.312 e. The van der Waals surface area contributed by atoms with E-state index in [0.29, 0.717) is 31.1 Å². The lowest BCUT2D eigenvalue weighted by Gasteiger charge is -2.13. The van der Waals surface area contributed by atoms with Crippen molar-refractivity contribution in [3.8, 4) is 0 Å². The quantitative estimate of drug-likeness (QED) is 0.788. The van der Waals surface area contributed by atoms with Crippen molar-refractivity contribution in [3.63, 3.8) is 0 Å². The number of aromatic nitrogens is 2. The van der Waals surface area contributed by atoms with E-state index in [9.17, 15) is 8.78 Å². The maximum Gasteiger partial charge on any atom is 0.280 e. The molecular weight excluding hydrogens is 250 g/mol. The monoisotopic (exact) mass is 274 g/mol. The molecule has 0 aromatic carbocycles. The first-order chi connectivity index (χ1) is 8.91. The van der Waals surface area contributed by atoms with Gasteiger partial charge in [0, 0.05) is 18.7 Å². The molecule has 1 N–H and O–H groups in total. The molecule has 0 unspecified atom stereocenters. The third-order valence-corrected chi connectivity index (χ3v) is 2.79. The van der Waals surface area contributed by atoms with Crippen LogP contribution in [-0.2, 0) is 13.1 Å². The molecule has 0 saturated heterocycles. The highest BCUT2D eigenvalue weighted by Gasteiger charge is 2.19. The molecule has 0 aliphatic rings. The predicted octanol–water partition coefficient (Wildman–Crippen LogP) is 2.13. The molecule has 0 aliphatic carbocycles. The maximum atomic E-state index is 13.1. The van der Waals surface area contributed by atoms with E-state index in [1.807, 2.05) is 19.0 Å². The number of likely N-dealkylation sites (N-methyl/N-ethyl adjacent to an activating group) is 1. The fraction of sp³-hybridized carbons (Fsp3) is 0.769. The van der Waals surface area contributed by atoms with Gasteiger partial charge in [-0.2, -0.15) is 5.10 Å². The van der Waals surface area contributed by atoms with Gasteiger partial charge in [-0.25, -0.2) is 8.78 Å². The summed E-state index contributed by atoms with van der Waals surface area (Å²) >= 11 is 0. The molecule has 0 radical (unpaired) electrons. The van der Waals surface area contributed by atoms with Crippen molar-refractivity contribution in [2.45, 2.75) is 33.4 Å². The molecule has 0 amide bonds. The number of nitrogens with zero attached hydrogens (tertiary/aromatic N) is 3. The summed E-state index contributed by atoms with van der Waals surface area (Å²) in [5.74, 6) is 0.499. The van der Waals surface area contributed by atoms with Crippen LogP contribution in [0.1, 0.15) is 31.5 Å². The van der Waals surface area contributed by atoms with Gasteiger partial charge in [0.05, 0.1) is 12.7 Å². The third-order valence-electron chi connectivity index (χ3n) is 2.79. The van der Waals surface area contributed by atoms with E-state index in [0.717, 1.165) is 6.54 Å². The number of hydrogen-bond donors (Lipinski definition) is 1. The molecule has 0 spiro atoms. The van der Waals surface area contributed by atoms with Crippen LogP contribution in [0.15, 0.2) is 6.20 Å². The van der Waals surface area contributed by atoms with Gasteiger partial charge in [-0.3, -0.25) is 4.68 Å². The first-order valence-corrected chi connectivity index (χ1v) is 6.60. The minimum Gasteiger partial charge on any atom is -0.312 e. The first kappa shape index (κ1) is 16.0. The molecule has 0 atom stereocenters. The van der Waals surface area contributed by atoms with Crippen LogP contribution in [0.3, 0.4) is 0 Å². The lowest BCUT2D eigenvalue weighted by molar-refractivity contribution is 0.136. The number of rotatable bonds is 8. The van der Waals surface area contributed by atoms with Gasteiger partial charge in [-0.15, -0.1) is 0 Å².